The number of nitrogens with zero attached hydrogens (tertiary/aromatic N) is 5. The first-order valence-corrected chi connectivity index (χ1v) is 16.1. The maximum Gasteiger partial charge on any atom is 0.251 e. The molecule has 5 aromatic rings. The van der Waals surface area contributed by atoms with Gasteiger partial charge >= 0.3 is 0 Å². The van der Waals surface area contributed by atoms with Crippen LogP contribution in [0.15, 0.2) is 73.3 Å². The Kier molecular flexibility index (Phi) is 10.4. The van der Waals surface area contributed by atoms with Crippen molar-refractivity contribution in [2.45, 2.75) is 32.2 Å². The molecule has 14 heteroatoms. The molecule has 0 bridgehead atoms. The molecular formula is C35H36F2N8O4. The van der Waals surface area contributed by atoms with Gasteiger partial charge in [-0.2, -0.15) is 4.39 Å². The number of hydrogen-bond donors (Lipinski definition) is 4. The fourth-order valence-electron chi connectivity index (χ4n) is 5.73. The van der Waals surface area contributed by atoms with Crippen LogP contribution in [0.1, 0.15) is 35.7 Å². The van der Waals surface area contributed by atoms with E-state index < -0.39 is 11.6 Å². The summed E-state index contributed by atoms with van der Waals surface area (Å²) in [5.41, 5.74) is 2.67. The van der Waals surface area contributed by atoms with Crippen molar-refractivity contribution in [3.63, 3.8) is 0 Å². The van der Waals surface area contributed by atoms with Gasteiger partial charge < -0.3 is 30.7 Å². The predicted molar refractivity (Wildman–Crippen MR) is 179 cm³/mol. The number of aromatic nitrogens is 4. The average molecular weight is 671 g/mol. The third-order valence-corrected chi connectivity index (χ3v) is 8.28. The van der Waals surface area contributed by atoms with Crippen molar-refractivity contribution in [3.8, 4) is 22.9 Å². The highest BCUT2D eigenvalue weighted by Crippen LogP contribution is 2.33. The predicted octanol–water partition coefficient (Wildman–Crippen LogP) is 4.47. The molecule has 2 amide bonds. The van der Waals surface area contributed by atoms with Crippen molar-refractivity contribution in [1.82, 2.24) is 34.9 Å². The van der Waals surface area contributed by atoms with Crippen LogP contribution in [0.5, 0.6) is 11.6 Å². The van der Waals surface area contributed by atoms with Crippen molar-refractivity contribution in [3.05, 3.63) is 96.1 Å². The number of aliphatic hydroxyl groups excluding tert-OH is 1. The van der Waals surface area contributed by atoms with Gasteiger partial charge in [0.2, 0.25) is 17.6 Å². The molecular weight excluding hydrogens is 634 g/mol. The molecule has 0 spiro atoms. The zero-order valence-corrected chi connectivity index (χ0v) is 26.8. The standard InChI is InChI=1S/C35H36F2N8O4/c1-2-22-18-23(8-9-25(22)35(48)41-13-5-7-30(47)44-16-14-38-24(20-44)21-46)43-33-34-42-19-27(45(34)17-15-40-33)26-10-11-28(32(37)31(26)36)49-29-6-3-4-12-39-29/h3-4,6,8-12,15,17-19,24,38,46H,2,5,7,13-14,16,20-21H2,1H3,(H,40,43)(H,41,48)/t24-/m0/s1. The number of hydrogen-bond acceptors (Lipinski definition) is 9. The van der Waals surface area contributed by atoms with E-state index in [-0.39, 0.29) is 41.7 Å². The number of fused-ring (bicyclic) bond motifs is 1. The molecule has 3 aromatic heterocycles. The van der Waals surface area contributed by atoms with Crippen LogP contribution in [0.3, 0.4) is 0 Å². The minimum Gasteiger partial charge on any atom is -0.436 e. The number of halogens is 2. The van der Waals surface area contributed by atoms with Gasteiger partial charge in [0.05, 0.1) is 18.5 Å². The second kappa shape index (κ2) is 15.2. The second-order valence-corrected chi connectivity index (χ2v) is 11.5. The summed E-state index contributed by atoms with van der Waals surface area (Å²) >= 11 is 0. The molecule has 4 N–H and O–H groups in total. The van der Waals surface area contributed by atoms with Crippen LogP contribution in [0, 0.1) is 11.6 Å². The monoisotopic (exact) mass is 670 g/mol. The van der Waals surface area contributed by atoms with E-state index in [0.29, 0.717) is 73.9 Å². The highest BCUT2D eigenvalue weighted by Gasteiger charge is 2.23. The fourth-order valence-corrected chi connectivity index (χ4v) is 5.73. The first kappa shape index (κ1) is 33.4. The molecule has 1 fully saturated rings. The van der Waals surface area contributed by atoms with E-state index in [1.165, 1.54) is 30.7 Å². The third kappa shape index (κ3) is 7.50. The molecule has 2 aromatic carbocycles. The quantitative estimate of drug-likeness (QED) is 0.141. The zero-order chi connectivity index (χ0) is 34.3. The summed E-state index contributed by atoms with van der Waals surface area (Å²) in [4.78, 5) is 40.2. The molecule has 1 saturated heterocycles. The van der Waals surface area contributed by atoms with E-state index in [4.69, 9.17) is 4.74 Å². The number of aliphatic hydroxyl groups is 1. The van der Waals surface area contributed by atoms with Crippen LogP contribution >= 0.6 is 0 Å². The lowest BCUT2D eigenvalue weighted by molar-refractivity contribution is -0.132. The number of anilines is 2. The molecule has 0 unspecified atom stereocenters. The number of rotatable bonds is 12. The Morgan fingerprint density at radius 3 is 2.76 bits per heavy atom. The molecule has 254 valence electrons. The molecule has 0 radical (unpaired) electrons. The first-order chi connectivity index (χ1) is 23.9. The smallest absolute Gasteiger partial charge is 0.251 e. The van der Waals surface area contributed by atoms with Crippen molar-refractivity contribution in [2.75, 3.05) is 38.1 Å². The summed E-state index contributed by atoms with van der Waals surface area (Å²) in [6, 6.07) is 12.9. The number of benzene rings is 2. The Morgan fingerprint density at radius 1 is 1.08 bits per heavy atom. The minimum absolute atomic E-state index is 0.00788. The van der Waals surface area contributed by atoms with Gasteiger partial charge in [0.25, 0.3) is 5.91 Å². The SMILES string of the molecule is CCc1cc(Nc2nccn3c(-c4ccc(Oc5ccccn5)c(F)c4F)cnc23)ccc1C(=O)NCCCC(=O)N1CCN[C@H](CO)C1. The molecule has 0 saturated carbocycles. The summed E-state index contributed by atoms with van der Waals surface area (Å²) in [6.45, 7) is 4.00. The van der Waals surface area contributed by atoms with Crippen molar-refractivity contribution >= 4 is 29.0 Å². The lowest BCUT2D eigenvalue weighted by Gasteiger charge is -2.32. The molecule has 49 heavy (non-hydrogen) atoms. The number of pyridine rings is 1. The largest absolute Gasteiger partial charge is 0.436 e. The lowest BCUT2D eigenvalue weighted by atomic mass is 10.0. The summed E-state index contributed by atoms with van der Waals surface area (Å²) in [7, 11) is 0. The Hall–Kier alpha value is -5.47. The van der Waals surface area contributed by atoms with Crippen LogP contribution in [0.4, 0.5) is 20.3 Å². The van der Waals surface area contributed by atoms with Crippen LogP contribution in [0.2, 0.25) is 0 Å². The minimum atomic E-state index is -1.15. The van der Waals surface area contributed by atoms with E-state index in [2.05, 4.69) is 30.9 Å². The Labute approximate surface area is 281 Å². The van der Waals surface area contributed by atoms with Crippen LogP contribution < -0.4 is 20.7 Å². The first-order valence-electron chi connectivity index (χ1n) is 16.1. The highest BCUT2D eigenvalue weighted by atomic mass is 19.2. The fraction of sp³-hybridized carbons (Fsp3) is 0.286. The topological polar surface area (TPSA) is 146 Å². The normalized spacial score (nSPS) is 14.5. The molecule has 12 nitrogen and oxygen atoms in total. The summed E-state index contributed by atoms with van der Waals surface area (Å²) in [5.74, 6) is -2.25. The van der Waals surface area contributed by atoms with Crippen molar-refractivity contribution in [2.24, 2.45) is 0 Å². The van der Waals surface area contributed by atoms with Crippen molar-refractivity contribution in [1.29, 1.82) is 0 Å². The summed E-state index contributed by atoms with van der Waals surface area (Å²) in [5, 5.41) is 18.7. The van der Waals surface area contributed by atoms with Gasteiger partial charge in [0.15, 0.2) is 23.0 Å². The van der Waals surface area contributed by atoms with Crippen LogP contribution in [-0.4, -0.2) is 80.0 Å². The summed E-state index contributed by atoms with van der Waals surface area (Å²) in [6.07, 6.45) is 7.45. The van der Waals surface area contributed by atoms with Crippen LogP contribution in [0.25, 0.3) is 16.9 Å². The lowest BCUT2D eigenvalue weighted by Crippen LogP contribution is -2.54. The van der Waals surface area contributed by atoms with Gasteiger partial charge in [0.1, 0.15) is 0 Å². The van der Waals surface area contributed by atoms with Gasteiger partial charge in [-0.15, -0.1) is 0 Å². The van der Waals surface area contributed by atoms with Gasteiger partial charge in [-0.25, -0.2) is 19.3 Å². The number of aryl methyl sites for hydroxylation is 1. The molecule has 1 aliphatic rings. The Bertz CT molecular complexity index is 1960. The molecule has 6 rings (SSSR count). The van der Waals surface area contributed by atoms with E-state index in [1.54, 1.807) is 45.8 Å². The van der Waals surface area contributed by atoms with E-state index in [0.717, 1.165) is 5.56 Å². The second-order valence-electron chi connectivity index (χ2n) is 11.5. The zero-order valence-electron chi connectivity index (χ0n) is 26.8. The number of carbonyl (C=O) groups is 2. The van der Waals surface area contributed by atoms with E-state index >= 15 is 8.78 Å². The number of imidazole rings is 1. The number of ether oxygens (including phenoxy) is 1. The molecule has 1 aliphatic heterocycles. The number of nitrogens with one attached hydrogen (secondary N) is 3. The number of amides is 2. The van der Waals surface area contributed by atoms with E-state index in [1.807, 2.05) is 13.0 Å². The molecule has 1 atom stereocenters. The Balaban J connectivity index is 1.11. The summed E-state index contributed by atoms with van der Waals surface area (Å²) < 4.78 is 37.4. The van der Waals surface area contributed by atoms with E-state index in [9.17, 15) is 14.7 Å². The maximum atomic E-state index is 15.3. The van der Waals surface area contributed by atoms with Gasteiger partial charge in [-0.1, -0.05) is 13.0 Å². The Morgan fingerprint density at radius 2 is 1.96 bits per heavy atom. The highest BCUT2D eigenvalue weighted by molar-refractivity contribution is 5.96. The van der Waals surface area contributed by atoms with Gasteiger partial charge in [-0.05, 0) is 54.8 Å². The average Bonchev–Trinajstić information content (AvgIpc) is 3.57. The molecule has 0 aliphatic carbocycles. The number of carbonyl (C=O) groups excluding carboxylic acids is 2. The van der Waals surface area contributed by atoms with Crippen molar-refractivity contribution < 1.29 is 28.2 Å². The number of piperazine rings is 1. The maximum absolute atomic E-state index is 15.3. The van der Waals surface area contributed by atoms with Gasteiger partial charge in [0, 0.05) is 80.1 Å². The van der Waals surface area contributed by atoms with Crippen LogP contribution in [-0.2, 0) is 11.2 Å². The molecule has 4 heterocycles. The third-order valence-electron chi connectivity index (χ3n) is 8.28. The van der Waals surface area contributed by atoms with Gasteiger partial charge in [-0.3, -0.25) is 14.0 Å².